The van der Waals surface area contributed by atoms with Crippen LogP contribution in [0.1, 0.15) is 18.1 Å². The van der Waals surface area contributed by atoms with Crippen LogP contribution in [0.2, 0.25) is 0 Å². The van der Waals surface area contributed by atoms with Crippen molar-refractivity contribution in [3.63, 3.8) is 0 Å². The van der Waals surface area contributed by atoms with Crippen LogP contribution >= 0.6 is 11.3 Å². The first kappa shape index (κ1) is 22.3. The first-order chi connectivity index (χ1) is 15.3. The summed E-state index contributed by atoms with van der Waals surface area (Å²) in [6.07, 6.45) is 0. The fourth-order valence-corrected chi connectivity index (χ4v) is 5.69. The number of ether oxygens (including phenoxy) is 1. The molecule has 0 bridgehead atoms. The SMILES string of the molecule is Cc1ccccc1OCC(C)NS(=O)(=O)c1ccc2c(c1)sc(=O)n2Cc1ccccc1. The van der Waals surface area contributed by atoms with E-state index in [1.54, 1.807) is 23.6 Å². The number of para-hydroxylation sites is 1. The molecule has 4 rings (SSSR count). The third-order valence-corrected chi connectivity index (χ3v) is 7.60. The summed E-state index contributed by atoms with van der Waals surface area (Å²) in [5.41, 5.74) is 2.72. The highest BCUT2D eigenvalue weighted by atomic mass is 32.2. The van der Waals surface area contributed by atoms with E-state index >= 15 is 0 Å². The van der Waals surface area contributed by atoms with Crippen molar-refractivity contribution in [1.82, 2.24) is 9.29 Å². The van der Waals surface area contributed by atoms with E-state index in [4.69, 9.17) is 4.74 Å². The van der Waals surface area contributed by atoms with E-state index in [1.807, 2.05) is 61.5 Å². The molecule has 0 aliphatic rings. The molecule has 6 nitrogen and oxygen atoms in total. The molecule has 0 saturated heterocycles. The van der Waals surface area contributed by atoms with Gasteiger partial charge in [0, 0.05) is 0 Å². The standard InChI is InChI=1S/C24H24N2O4S2/c1-17-8-6-7-11-22(17)30-16-18(2)25-32(28,29)20-12-13-21-23(14-20)31-24(27)26(21)15-19-9-4-3-5-10-19/h3-14,18,25H,15-16H2,1-2H3. The monoisotopic (exact) mass is 468 g/mol. The van der Waals surface area contributed by atoms with E-state index in [1.165, 1.54) is 6.07 Å². The molecule has 166 valence electrons. The van der Waals surface area contributed by atoms with Gasteiger partial charge in [-0.05, 0) is 49.2 Å². The van der Waals surface area contributed by atoms with Crippen molar-refractivity contribution < 1.29 is 13.2 Å². The van der Waals surface area contributed by atoms with Crippen LogP contribution < -0.4 is 14.3 Å². The Kier molecular flexibility index (Phi) is 6.45. The summed E-state index contributed by atoms with van der Waals surface area (Å²) in [6.45, 7) is 4.34. The minimum absolute atomic E-state index is 0.119. The lowest BCUT2D eigenvalue weighted by Gasteiger charge is -2.16. The summed E-state index contributed by atoms with van der Waals surface area (Å²) < 4.78 is 36.5. The number of fused-ring (bicyclic) bond motifs is 1. The fraction of sp³-hybridized carbons (Fsp3) is 0.208. The Morgan fingerprint density at radius 1 is 1.03 bits per heavy atom. The normalized spacial score (nSPS) is 12.7. The van der Waals surface area contributed by atoms with Crippen LogP contribution in [0.4, 0.5) is 0 Å². The average molecular weight is 469 g/mol. The minimum atomic E-state index is -3.76. The summed E-state index contributed by atoms with van der Waals surface area (Å²) in [6, 6.07) is 21.6. The van der Waals surface area contributed by atoms with Crippen LogP contribution in [0, 0.1) is 6.92 Å². The molecule has 32 heavy (non-hydrogen) atoms. The minimum Gasteiger partial charge on any atom is -0.492 e. The second-order valence-corrected chi connectivity index (χ2v) is 10.4. The average Bonchev–Trinajstić information content (AvgIpc) is 3.08. The second kappa shape index (κ2) is 9.28. The van der Waals surface area contributed by atoms with E-state index in [-0.39, 0.29) is 16.4 Å². The zero-order valence-corrected chi connectivity index (χ0v) is 19.4. The van der Waals surface area contributed by atoms with Crippen LogP contribution in [0.5, 0.6) is 5.75 Å². The van der Waals surface area contributed by atoms with Gasteiger partial charge in [0.15, 0.2) is 0 Å². The summed E-state index contributed by atoms with van der Waals surface area (Å²) in [4.78, 5) is 12.5. The zero-order valence-electron chi connectivity index (χ0n) is 17.8. The number of hydrogen-bond acceptors (Lipinski definition) is 5. The van der Waals surface area contributed by atoms with Crippen molar-refractivity contribution in [2.24, 2.45) is 0 Å². The number of hydrogen-bond donors (Lipinski definition) is 1. The highest BCUT2D eigenvalue weighted by Crippen LogP contribution is 2.23. The third kappa shape index (κ3) is 4.93. The number of aromatic nitrogens is 1. The maximum absolute atomic E-state index is 12.9. The Morgan fingerprint density at radius 3 is 2.50 bits per heavy atom. The second-order valence-electron chi connectivity index (χ2n) is 7.67. The molecule has 1 atom stereocenters. The lowest BCUT2D eigenvalue weighted by atomic mass is 10.2. The molecule has 1 aromatic heterocycles. The third-order valence-electron chi connectivity index (χ3n) is 5.07. The number of benzene rings is 3. The van der Waals surface area contributed by atoms with Crippen molar-refractivity contribution in [2.45, 2.75) is 31.3 Å². The van der Waals surface area contributed by atoms with E-state index in [9.17, 15) is 13.2 Å². The smallest absolute Gasteiger partial charge is 0.308 e. The lowest BCUT2D eigenvalue weighted by molar-refractivity contribution is 0.286. The van der Waals surface area contributed by atoms with Gasteiger partial charge in [0.05, 0.1) is 27.7 Å². The van der Waals surface area contributed by atoms with Gasteiger partial charge < -0.3 is 4.74 Å². The Labute approximate surface area is 191 Å². The Morgan fingerprint density at radius 2 is 1.75 bits per heavy atom. The Hall–Kier alpha value is -2.94. The quantitative estimate of drug-likeness (QED) is 0.421. The molecular formula is C24H24N2O4S2. The lowest BCUT2D eigenvalue weighted by Crippen LogP contribution is -2.36. The first-order valence-electron chi connectivity index (χ1n) is 10.2. The molecule has 0 aliphatic heterocycles. The van der Waals surface area contributed by atoms with Crippen molar-refractivity contribution in [2.75, 3.05) is 6.61 Å². The molecule has 0 radical (unpaired) electrons. The highest BCUT2D eigenvalue weighted by molar-refractivity contribution is 7.89. The van der Waals surface area contributed by atoms with Gasteiger partial charge in [-0.3, -0.25) is 9.36 Å². The molecule has 1 heterocycles. The van der Waals surface area contributed by atoms with Gasteiger partial charge in [0.2, 0.25) is 10.0 Å². The molecule has 4 aromatic rings. The molecule has 0 fully saturated rings. The summed E-state index contributed by atoms with van der Waals surface area (Å²) in [5, 5.41) is 0. The van der Waals surface area contributed by atoms with Gasteiger partial charge in [-0.2, -0.15) is 0 Å². The molecule has 0 spiro atoms. The van der Waals surface area contributed by atoms with E-state index in [0.29, 0.717) is 11.2 Å². The maximum Gasteiger partial charge on any atom is 0.308 e. The van der Waals surface area contributed by atoms with Crippen LogP contribution in [0.3, 0.4) is 0 Å². The van der Waals surface area contributed by atoms with Crippen LogP contribution in [0.15, 0.2) is 82.5 Å². The molecular weight excluding hydrogens is 444 g/mol. The van der Waals surface area contributed by atoms with Crippen molar-refractivity contribution in [3.05, 3.63) is 93.6 Å². The van der Waals surface area contributed by atoms with Crippen molar-refractivity contribution in [1.29, 1.82) is 0 Å². The molecule has 0 saturated carbocycles. The van der Waals surface area contributed by atoms with Crippen LogP contribution in [-0.2, 0) is 16.6 Å². The number of sulfonamides is 1. The van der Waals surface area contributed by atoms with Crippen LogP contribution in [0.25, 0.3) is 10.2 Å². The zero-order chi connectivity index (χ0) is 22.7. The topological polar surface area (TPSA) is 77.4 Å². The largest absolute Gasteiger partial charge is 0.492 e. The number of nitrogens with one attached hydrogen (secondary N) is 1. The van der Waals surface area contributed by atoms with Crippen LogP contribution in [-0.4, -0.2) is 25.6 Å². The molecule has 0 amide bonds. The number of thiazole rings is 1. The Balaban J connectivity index is 1.51. The summed E-state index contributed by atoms with van der Waals surface area (Å²) in [7, 11) is -3.76. The predicted octanol–water partition coefficient (Wildman–Crippen LogP) is 4.17. The van der Waals surface area contributed by atoms with E-state index < -0.39 is 16.1 Å². The summed E-state index contributed by atoms with van der Waals surface area (Å²) >= 11 is 1.05. The van der Waals surface area contributed by atoms with E-state index in [2.05, 4.69) is 4.72 Å². The van der Waals surface area contributed by atoms with Gasteiger partial charge in [-0.1, -0.05) is 59.9 Å². The molecule has 1 unspecified atom stereocenters. The molecule has 8 heteroatoms. The van der Waals surface area contributed by atoms with Crippen molar-refractivity contribution in [3.8, 4) is 5.75 Å². The predicted molar refractivity (Wildman–Crippen MR) is 128 cm³/mol. The van der Waals surface area contributed by atoms with E-state index in [0.717, 1.165) is 33.7 Å². The number of nitrogens with zero attached hydrogens (tertiary/aromatic N) is 1. The van der Waals surface area contributed by atoms with Gasteiger partial charge in [-0.25, -0.2) is 13.1 Å². The highest BCUT2D eigenvalue weighted by Gasteiger charge is 2.20. The van der Waals surface area contributed by atoms with Gasteiger partial charge in [0.1, 0.15) is 12.4 Å². The first-order valence-corrected chi connectivity index (χ1v) is 12.5. The number of aryl methyl sites for hydroxylation is 1. The van der Waals surface area contributed by atoms with Crippen molar-refractivity contribution >= 4 is 31.6 Å². The molecule has 3 aromatic carbocycles. The summed E-state index contributed by atoms with van der Waals surface area (Å²) in [5.74, 6) is 0.726. The van der Waals surface area contributed by atoms with Gasteiger partial charge in [-0.15, -0.1) is 0 Å². The molecule has 1 N–H and O–H groups in total. The van der Waals surface area contributed by atoms with Gasteiger partial charge in [0.25, 0.3) is 0 Å². The molecule has 0 aliphatic carbocycles. The Bertz CT molecular complexity index is 1390. The van der Waals surface area contributed by atoms with Gasteiger partial charge >= 0.3 is 4.87 Å². The maximum atomic E-state index is 12.9. The fourth-order valence-electron chi connectivity index (χ4n) is 3.43. The number of rotatable bonds is 8.